The highest BCUT2D eigenvalue weighted by Crippen LogP contribution is 2.38. The number of nitrogens with two attached hydrogens (primary N) is 1. The topological polar surface area (TPSA) is 78.9 Å². The lowest BCUT2D eigenvalue weighted by Gasteiger charge is -2.15. The zero-order chi connectivity index (χ0) is 14.4. The van der Waals surface area contributed by atoms with E-state index in [0.29, 0.717) is 11.2 Å². The third kappa shape index (κ3) is 1.92. The van der Waals surface area contributed by atoms with Gasteiger partial charge in [-0.25, -0.2) is 9.37 Å². The van der Waals surface area contributed by atoms with E-state index in [0.717, 1.165) is 6.42 Å². The van der Waals surface area contributed by atoms with Gasteiger partial charge in [0.2, 0.25) is 5.28 Å². The smallest absolute Gasteiger partial charge is 0.226 e. The summed E-state index contributed by atoms with van der Waals surface area (Å²) >= 11 is 5.80. The van der Waals surface area contributed by atoms with Crippen LogP contribution >= 0.6 is 11.6 Å². The van der Waals surface area contributed by atoms with E-state index in [9.17, 15) is 4.39 Å². The Kier molecular flexibility index (Phi) is 3.25. The summed E-state index contributed by atoms with van der Waals surface area (Å²) in [7, 11) is 0. The Bertz CT molecular complexity index is 648. The number of nitrogens with zero attached hydrogens (tertiary/aromatic N) is 4. The molecule has 8 heteroatoms. The van der Waals surface area contributed by atoms with E-state index >= 15 is 0 Å². The van der Waals surface area contributed by atoms with Gasteiger partial charge in [-0.15, -0.1) is 0 Å². The third-order valence-corrected chi connectivity index (χ3v) is 3.94. The molecule has 108 valence electrons. The fraction of sp³-hybridized carbons (Fsp3) is 0.583. The largest absolute Gasteiger partial charge is 0.382 e. The van der Waals surface area contributed by atoms with Gasteiger partial charge < -0.3 is 10.5 Å². The maximum Gasteiger partial charge on any atom is 0.226 e. The summed E-state index contributed by atoms with van der Waals surface area (Å²) in [6, 6.07) is 0. The molecule has 20 heavy (non-hydrogen) atoms. The SMILES string of the molecule is CC[C@H]1O[C@@H](n2cnc3c(N)nc(Cl)nc32)[C@H](F)C1C. The van der Waals surface area contributed by atoms with Crippen molar-refractivity contribution in [2.24, 2.45) is 5.92 Å². The molecule has 0 bridgehead atoms. The first-order valence-electron chi connectivity index (χ1n) is 6.48. The van der Waals surface area contributed by atoms with E-state index in [2.05, 4.69) is 15.0 Å². The molecule has 0 spiro atoms. The monoisotopic (exact) mass is 299 g/mol. The number of hydrogen-bond donors (Lipinski definition) is 1. The highest BCUT2D eigenvalue weighted by Gasteiger charge is 2.43. The standard InChI is InChI=1S/C12H15ClFN5O/c1-3-6-5(2)7(14)11(20-6)19-4-16-8-9(15)17-12(13)18-10(8)19/h4-7,11H,3H2,1-2H3,(H2,15,17,18)/t5?,6-,7-,11-/m1/s1. The van der Waals surface area contributed by atoms with Crippen molar-refractivity contribution in [2.45, 2.75) is 38.8 Å². The Morgan fingerprint density at radius 3 is 2.90 bits per heavy atom. The van der Waals surface area contributed by atoms with Crippen LogP contribution in [0.2, 0.25) is 5.28 Å². The van der Waals surface area contributed by atoms with Crippen LogP contribution in [0.15, 0.2) is 6.33 Å². The third-order valence-electron chi connectivity index (χ3n) is 3.77. The first-order chi connectivity index (χ1) is 9.52. The van der Waals surface area contributed by atoms with Crippen LogP contribution in [-0.4, -0.2) is 31.8 Å². The molecule has 0 aromatic carbocycles. The fourth-order valence-corrected chi connectivity index (χ4v) is 2.80. The minimum atomic E-state index is -1.13. The summed E-state index contributed by atoms with van der Waals surface area (Å²) in [5, 5.41) is 0.00486. The molecule has 2 N–H and O–H groups in total. The maximum atomic E-state index is 14.4. The minimum absolute atomic E-state index is 0.00486. The first-order valence-corrected chi connectivity index (χ1v) is 6.85. The van der Waals surface area contributed by atoms with E-state index in [1.807, 2.05) is 13.8 Å². The van der Waals surface area contributed by atoms with Crippen molar-refractivity contribution in [1.82, 2.24) is 19.5 Å². The molecule has 0 radical (unpaired) electrons. The first kappa shape index (κ1) is 13.5. The van der Waals surface area contributed by atoms with Crippen LogP contribution in [0.1, 0.15) is 26.5 Å². The quantitative estimate of drug-likeness (QED) is 0.861. The summed E-state index contributed by atoms with van der Waals surface area (Å²) in [5.41, 5.74) is 6.53. The maximum absolute atomic E-state index is 14.4. The molecule has 0 amide bonds. The number of nitrogen functional groups attached to an aromatic ring is 1. The highest BCUT2D eigenvalue weighted by atomic mass is 35.5. The van der Waals surface area contributed by atoms with E-state index in [1.54, 1.807) is 0 Å². The lowest BCUT2D eigenvalue weighted by Crippen LogP contribution is -2.20. The summed E-state index contributed by atoms with van der Waals surface area (Å²) in [5.74, 6) is -0.00986. The molecule has 3 heterocycles. The van der Waals surface area contributed by atoms with E-state index < -0.39 is 12.4 Å². The zero-order valence-corrected chi connectivity index (χ0v) is 11.9. The van der Waals surface area contributed by atoms with Crippen LogP contribution in [0.25, 0.3) is 11.2 Å². The molecule has 2 aromatic heterocycles. The van der Waals surface area contributed by atoms with Crippen molar-refractivity contribution >= 4 is 28.6 Å². The van der Waals surface area contributed by atoms with Crippen molar-refractivity contribution in [3.63, 3.8) is 0 Å². The van der Waals surface area contributed by atoms with Gasteiger partial charge in [-0.2, -0.15) is 9.97 Å². The highest BCUT2D eigenvalue weighted by molar-refractivity contribution is 6.28. The second-order valence-corrected chi connectivity index (χ2v) is 5.32. The Labute approximate surface area is 120 Å². The number of ether oxygens (including phenoxy) is 1. The van der Waals surface area contributed by atoms with Crippen molar-refractivity contribution < 1.29 is 9.13 Å². The molecule has 4 atom stereocenters. The molecule has 1 aliphatic rings. The average molecular weight is 300 g/mol. The summed E-state index contributed by atoms with van der Waals surface area (Å²) in [6.45, 7) is 3.81. The number of rotatable bonds is 2. The number of alkyl halides is 1. The van der Waals surface area contributed by atoms with Gasteiger partial charge in [0.15, 0.2) is 23.9 Å². The van der Waals surface area contributed by atoms with Crippen LogP contribution in [0.3, 0.4) is 0 Å². The number of hydrogen-bond acceptors (Lipinski definition) is 5. The van der Waals surface area contributed by atoms with Crippen LogP contribution in [0.5, 0.6) is 0 Å². The van der Waals surface area contributed by atoms with Gasteiger partial charge >= 0.3 is 0 Å². The van der Waals surface area contributed by atoms with E-state index in [1.165, 1.54) is 10.9 Å². The molecular weight excluding hydrogens is 285 g/mol. The van der Waals surface area contributed by atoms with Gasteiger partial charge in [-0.3, -0.25) is 4.57 Å². The Hall–Kier alpha value is -1.47. The molecular formula is C12H15ClFN5O. The van der Waals surface area contributed by atoms with E-state index in [4.69, 9.17) is 22.1 Å². The van der Waals surface area contributed by atoms with Crippen molar-refractivity contribution in [2.75, 3.05) is 5.73 Å². The molecule has 1 aliphatic heterocycles. The van der Waals surface area contributed by atoms with Gasteiger partial charge in [0.05, 0.1) is 12.4 Å². The number of halogens is 2. The van der Waals surface area contributed by atoms with Gasteiger partial charge in [0.25, 0.3) is 0 Å². The molecule has 1 fully saturated rings. The molecule has 6 nitrogen and oxygen atoms in total. The number of fused-ring (bicyclic) bond motifs is 1. The molecule has 0 aliphatic carbocycles. The van der Waals surface area contributed by atoms with Crippen LogP contribution < -0.4 is 5.73 Å². The van der Waals surface area contributed by atoms with Crippen LogP contribution in [-0.2, 0) is 4.74 Å². The molecule has 1 saturated heterocycles. The summed E-state index contributed by atoms with van der Waals surface area (Å²) in [4.78, 5) is 12.0. The number of anilines is 1. The van der Waals surface area contributed by atoms with Gasteiger partial charge in [-0.1, -0.05) is 13.8 Å². The van der Waals surface area contributed by atoms with Gasteiger partial charge in [-0.05, 0) is 18.0 Å². The Balaban J connectivity index is 2.07. The predicted molar refractivity (Wildman–Crippen MR) is 73.0 cm³/mol. The molecule has 3 rings (SSSR count). The van der Waals surface area contributed by atoms with Crippen LogP contribution in [0, 0.1) is 5.92 Å². The van der Waals surface area contributed by atoms with Crippen molar-refractivity contribution in [1.29, 1.82) is 0 Å². The van der Waals surface area contributed by atoms with Crippen molar-refractivity contribution in [3.05, 3.63) is 11.6 Å². The van der Waals surface area contributed by atoms with Gasteiger partial charge in [0, 0.05) is 5.92 Å². The predicted octanol–water partition coefficient (Wildman–Crippen LogP) is 2.34. The zero-order valence-electron chi connectivity index (χ0n) is 11.1. The Morgan fingerprint density at radius 1 is 1.50 bits per heavy atom. The average Bonchev–Trinajstić information content (AvgIpc) is 2.93. The van der Waals surface area contributed by atoms with Gasteiger partial charge in [0.1, 0.15) is 5.52 Å². The van der Waals surface area contributed by atoms with Crippen molar-refractivity contribution in [3.8, 4) is 0 Å². The number of aromatic nitrogens is 4. The van der Waals surface area contributed by atoms with Crippen LogP contribution in [0.4, 0.5) is 10.2 Å². The second kappa shape index (κ2) is 4.82. The second-order valence-electron chi connectivity index (χ2n) is 4.98. The lowest BCUT2D eigenvalue weighted by molar-refractivity contribution is -0.0186. The van der Waals surface area contributed by atoms with E-state index in [-0.39, 0.29) is 23.1 Å². The molecule has 0 saturated carbocycles. The minimum Gasteiger partial charge on any atom is -0.382 e. The molecule has 1 unspecified atom stereocenters. The number of imidazole rings is 1. The lowest BCUT2D eigenvalue weighted by atomic mass is 10.00. The summed E-state index contributed by atoms with van der Waals surface area (Å²) < 4.78 is 21.7. The molecule has 2 aromatic rings. The summed E-state index contributed by atoms with van der Waals surface area (Å²) in [6.07, 6.45) is 0.205. The fourth-order valence-electron chi connectivity index (χ4n) is 2.63. The Morgan fingerprint density at radius 2 is 2.25 bits per heavy atom. The normalized spacial score (nSPS) is 30.2.